The van der Waals surface area contributed by atoms with E-state index in [4.69, 9.17) is 5.11 Å². The zero-order chi connectivity index (χ0) is 13.3. The van der Waals surface area contributed by atoms with Crippen molar-refractivity contribution >= 4 is 21.9 Å². The smallest absolute Gasteiger partial charge is 0.306 e. The van der Waals surface area contributed by atoms with Crippen molar-refractivity contribution in [3.63, 3.8) is 0 Å². The van der Waals surface area contributed by atoms with Crippen LogP contribution in [0, 0.1) is 17.7 Å². The molecule has 0 radical (unpaired) electrons. The summed E-state index contributed by atoms with van der Waals surface area (Å²) >= 11 is 3.32. The number of likely N-dealkylation sites (tertiary alicyclic amines) is 1. The lowest BCUT2D eigenvalue weighted by Crippen LogP contribution is -2.50. The molecule has 5 heteroatoms. The highest BCUT2D eigenvalue weighted by atomic mass is 79.9. The number of halogens is 2. The van der Waals surface area contributed by atoms with Crippen molar-refractivity contribution in [1.82, 2.24) is 4.90 Å². The first kappa shape index (κ1) is 13.5. The molecular weight excluding hydrogens is 301 g/mol. The lowest BCUT2D eigenvalue weighted by atomic mass is 9.87. The van der Waals surface area contributed by atoms with Crippen molar-refractivity contribution in [1.29, 1.82) is 0 Å². The molecular formula is C13H15BrFNO2. The normalized spacial score (nSPS) is 18.4. The third-order valence-electron chi connectivity index (χ3n) is 3.48. The molecule has 1 atom stereocenters. The number of hydrogen-bond donors (Lipinski definition) is 1. The van der Waals surface area contributed by atoms with Gasteiger partial charge >= 0.3 is 5.97 Å². The SMILES string of the molecule is CC(C(=O)O)C1CN(Cc2cc(Br)ccc2F)C1. The van der Waals surface area contributed by atoms with E-state index in [1.54, 1.807) is 19.1 Å². The van der Waals surface area contributed by atoms with Crippen LogP contribution in [0.2, 0.25) is 0 Å². The summed E-state index contributed by atoms with van der Waals surface area (Å²) in [5.74, 6) is -1.12. The van der Waals surface area contributed by atoms with Crippen molar-refractivity contribution in [2.45, 2.75) is 13.5 Å². The van der Waals surface area contributed by atoms with Gasteiger partial charge < -0.3 is 5.11 Å². The molecule has 1 aromatic carbocycles. The second-order valence-corrected chi connectivity index (χ2v) is 5.73. The Morgan fingerprint density at radius 2 is 2.28 bits per heavy atom. The van der Waals surface area contributed by atoms with E-state index in [0.717, 1.165) is 17.6 Å². The Balaban J connectivity index is 1.90. The van der Waals surface area contributed by atoms with Crippen LogP contribution >= 0.6 is 15.9 Å². The number of hydrogen-bond acceptors (Lipinski definition) is 2. The molecule has 1 aliphatic rings. The van der Waals surface area contributed by atoms with Crippen LogP contribution in [0.1, 0.15) is 12.5 Å². The van der Waals surface area contributed by atoms with Crippen LogP contribution in [-0.4, -0.2) is 29.1 Å². The standard InChI is InChI=1S/C13H15BrFNO2/c1-8(13(17)18)10-6-16(7-10)5-9-4-11(14)2-3-12(9)15/h2-4,8,10H,5-7H2,1H3,(H,17,18). The van der Waals surface area contributed by atoms with Crippen LogP contribution in [0.3, 0.4) is 0 Å². The van der Waals surface area contributed by atoms with Crippen LogP contribution in [0.25, 0.3) is 0 Å². The van der Waals surface area contributed by atoms with E-state index in [1.807, 2.05) is 0 Å². The monoisotopic (exact) mass is 315 g/mol. The Morgan fingerprint density at radius 3 is 2.89 bits per heavy atom. The summed E-state index contributed by atoms with van der Waals surface area (Å²) in [5, 5.41) is 8.89. The Kier molecular flexibility index (Phi) is 4.02. The molecule has 1 saturated heterocycles. The fourth-order valence-electron chi connectivity index (χ4n) is 2.16. The minimum absolute atomic E-state index is 0.178. The number of carboxylic acids is 1. The largest absolute Gasteiger partial charge is 0.481 e. The summed E-state index contributed by atoms with van der Waals surface area (Å²) < 4.78 is 14.4. The van der Waals surface area contributed by atoms with Gasteiger partial charge in [0, 0.05) is 29.7 Å². The Morgan fingerprint density at radius 1 is 1.61 bits per heavy atom. The molecule has 0 spiro atoms. The van der Waals surface area contributed by atoms with Gasteiger partial charge in [-0.1, -0.05) is 22.9 Å². The second kappa shape index (κ2) is 5.36. The molecule has 1 aliphatic heterocycles. The minimum atomic E-state index is -0.756. The number of carboxylic acid groups (broad SMARTS) is 1. The topological polar surface area (TPSA) is 40.5 Å². The third kappa shape index (κ3) is 2.90. The van der Waals surface area contributed by atoms with Crippen LogP contribution in [-0.2, 0) is 11.3 Å². The number of benzene rings is 1. The molecule has 2 rings (SSSR count). The second-order valence-electron chi connectivity index (χ2n) is 4.82. The molecule has 18 heavy (non-hydrogen) atoms. The van der Waals surface area contributed by atoms with Gasteiger partial charge in [0.25, 0.3) is 0 Å². The maximum absolute atomic E-state index is 13.5. The van der Waals surface area contributed by atoms with Crippen LogP contribution in [0.15, 0.2) is 22.7 Å². The average Bonchev–Trinajstić information content (AvgIpc) is 2.26. The van der Waals surface area contributed by atoms with E-state index < -0.39 is 5.97 Å². The van der Waals surface area contributed by atoms with Crippen molar-refractivity contribution < 1.29 is 14.3 Å². The molecule has 1 N–H and O–H groups in total. The quantitative estimate of drug-likeness (QED) is 0.928. The van der Waals surface area contributed by atoms with Gasteiger partial charge in [-0.15, -0.1) is 0 Å². The molecule has 3 nitrogen and oxygen atoms in total. The zero-order valence-corrected chi connectivity index (χ0v) is 11.7. The van der Waals surface area contributed by atoms with Gasteiger partial charge in [0.2, 0.25) is 0 Å². The maximum atomic E-state index is 13.5. The molecule has 0 aromatic heterocycles. The van der Waals surface area contributed by atoms with E-state index in [2.05, 4.69) is 20.8 Å². The van der Waals surface area contributed by atoms with Crippen LogP contribution in [0.5, 0.6) is 0 Å². The first-order valence-electron chi connectivity index (χ1n) is 5.86. The molecule has 0 aliphatic carbocycles. The van der Waals surface area contributed by atoms with Gasteiger partial charge in [-0.05, 0) is 24.1 Å². The molecule has 1 fully saturated rings. The molecule has 1 aromatic rings. The zero-order valence-electron chi connectivity index (χ0n) is 10.1. The summed E-state index contributed by atoms with van der Waals surface area (Å²) in [4.78, 5) is 12.9. The van der Waals surface area contributed by atoms with Gasteiger partial charge in [0.1, 0.15) is 5.82 Å². The van der Waals surface area contributed by atoms with E-state index >= 15 is 0 Å². The maximum Gasteiger partial charge on any atom is 0.306 e. The Bertz CT molecular complexity index is 460. The summed E-state index contributed by atoms with van der Waals surface area (Å²) in [6.45, 7) is 3.71. The highest BCUT2D eigenvalue weighted by Gasteiger charge is 2.34. The lowest BCUT2D eigenvalue weighted by Gasteiger charge is -2.41. The molecule has 0 amide bonds. The van der Waals surface area contributed by atoms with Gasteiger partial charge in [0.05, 0.1) is 5.92 Å². The van der Waals surface area contributed by atoms with Crippen molar-refractivity contribution in [3.8, 4) is 0 Å². The molecule has 98 valence electrons. The van der Waals surface area contributed by atoms with E-state index in [-0.39, 0.29) is 17.7 Å². The fraction of sp³-hybridized carbons (Fsp3) is 0.462. The van der Waals surface area contributed by atoms with Crippen molar-refractivity contribution in [3.05, 3.63) is 34.1 Å². The molecule has 1 heterocycles. The van der Waals surface area contributed by atoms with Gasteiger partial charge in [-0.3, -0.25) is 9.69 Å². The van der Waals surface area contributed by atoms with E-state index in [9.17, 15) is 9.18 Å². The summed E-state index contributed by atoms with van der Waals surface area (Å²) in [6.07, 6.45) is 0. The predicted molar refractivity (Wildman–Crippen MR) is 69.7 cm³/mol. The highest BCUT2D eigenvalue weighted by Crippen LogP contribution is 2.27. The highest BCUT2D eigenvalue weighted by molar-refractivity contribution is 9.10. The van der Waals surface area contributed by atoms with Crippen LogP contribution < -0.4 is 0 Å². The van der Waals surface area contributed by atoms with E-state index in [1.165, 1.54) is 6.07 Å². The summed E-state index contributed by atoms with van der Waals surface area (Å²) in [6, 6.07) is 4.88. The molecule has 1 unspecified atom stereocenters. The number of rotatable bonds is 4. The lowest BCUT2D eigenvalue weighted by molar-refractivity contribution is -0.145. The summed E-state index contributed by atoms with van der Waals surface area (Å²) in [5.41, 5.74) is 0.644. The number of carbonyl (C=O) groups is 1. The Labute approximate surface area is 114 Å². The molecule has 0 saturated carbocycles. The first-order chi connectivity index (χ1) is 8.47. The minimum Gasteiger partial charge on any atom is -0.481 e. The van der Waals surface area contributed by atoms with E-state index in [0.29, 0.717) is 12.1 Å². The Hall–Kier alpha value is -0.940. The predicted octanol–water partition coefficient (Wildman–Crippen LogP) is 2.74. The average molecular weight is 316 g/mol. The van der Waals surface area contributed by atoms with Crippen LogP contribution in [0.4, 0.5) is 4.39 Å². The van der Waals surface area contributed by atoms with Crippen molar-refractivity contribution in [2.75, 3.05) is 13.1 Å². The summed E-state index contributed by atoms with van der Waals surface area (Å²) in [7, 11) is 0. The number of aliphatic carboxylic acids is 1. The van der Waals surface area contributed by atoms with Gasteiger partial charge in [-0.2, -0.15) is 0 Å². The molecule has 0 bridgehead atoms. The van der Waals surface area contributed by atoms with Gasteiger partial charge in [-0.25, -0.2) is 4.39 Å². The third-order valence-corrected chi connectivity index (χ3v) is 3.98. The van der Waals surface area contributed by atoms with Gasteiger partial charge in [0.15, 0.2) is 0 Å². The fourth-order valence-corrected chi connectivity index (χ4v) is 2.57. The van der Waals surface area contributed by atoms with Crippen molar-refractivity contribution in [2.24, 2.45) is 11.8 Å². The number of nitrogens with zero attached hydrogens (tertiary/aromatic N) is 1. The first-order valence-corrected chi connectivity index (χ1v) is 6.65.